The van der Waals surface area contributed by atoms with Crippen molar-refractivity contribution in [1.82, 2.24) is 0 Å². The fraction of sp³-hybridized carbons (Fsp3) is 0.172. The minimum absolute atomic E-state index is 0.266. The molecular weight excluding hydrogens is 472 g/mol. The molecular formula is C29H26N2O4S. The fourth-order valence-electron chi connectivity index (χ4n) is 4.71. The molecule has 0 bridgehead atoms. The number of allylic oxidation sites excluding steroid dienone is 3. The average Bonchev–Trinajstić information content (AvgIpc) is 3.16. The Labute approximate surface area is 211 Å². The topological polar surface area (TPSA) is 59.1 Å². The predicted octanol–water partition coefficient (Wildman–Crippen LogP) is 5.41. The van der Waals surface area contributed by atoms with E-state index in [-0.39, 0.29) is 9.80 Å². The van der Waals surface area contributed by atoms with Gasteiger partial charge in [-0.05, 0) is 66.6 Å². The second-order valence-electron chi connectivity index (χ2n) is 9.00. The standard InChI is InChI=1S/C29H26N2O4S/c32-36(33,27-14-16-29-23(17-27)19-31(21-35-29)25-9-5-2-6-10-25)26-12-11-22-18-30(20-34-28(22)15-13-26)24-7-3-1-4-8-24/h1-10,12-17H,11,18-21H2. The highest BCUT2D eigenvalue weighted by Gasteiger charge is 2.26. The third kappa shape index (κ3) is 4.27. The molecule has 0 fully saturated rings. The molecule has 0 aromatic heterocycles. The summed E-state index contributed by atoms with van der Waals surface area (Å²) in [6, 6.07) is 25.2. The van der Waals surface area contributed by atoms with Crippen LogP contribution in [0.5, 0.6) is 5.75 Å². The zero-order chi connectivity index (χ0) is 24.5. The van der Waals surface area contributed by atoms with Gasteiger partial charge in [-0.2, -0.15) is 0 Å². The Morgan fingerprint density at radius 3 is 2.11 bits per heavy atom. The molecule has 0 amide bonds. The number of rotatable bonds is 4. The summed E-state index contributed by atoms with van der Waals surface area (Å²) in [5.74, 6) is 1.47. The molecule has 7 heteroatoms. The third-order valence-electron chi connectivity index (χ3n) is 6.69. The lowest BCUT2D eigenvalue weighted by Gasteiger charge is -2.31. The van der Waals surface area contributed by atoms with Gasteiger partial charge < -0.3 is 19.3 Å². The van der Waals surface area contributed by atoms with E-state index in [1.54, 1.807) is 36.4 Å². The number of hydrogen-bond donors (Lipinski definition) is 0. The number of ether oxygens (including phenoxy) is 2. The second-order valence-corrected chi connectivity index (χ2v) is 10.9. The van der Waals surface area contributed by atoms with Gasteiger partial charge in [0.1, 0.15) is 11.5 Å². The maximum Gasteiger partial charge on any atom is 0.206 e. The minimum atomic E-state index is -3.71. The van der Waals surface area contributed by atoms with Crippen LogP contribution in [0.1, 0.15) is 12.0 Å². The molecule has 182 valence electrons. The van der Waals surface area contributed by atoms with Crippen molar-refractivity contribution in [3.63, 3.8) is 0 Å². The Morgan fingerprint density at radius 1 is 0.722 bits per heavy atom. The molecule has 0 saturated carbocycles. The number of nitrogens with zero attached hydrogens (tertiary/aromatic N) is 2. The summed E-state index contributed by atoms with van der Waals surface area (Å²) >= 11 is 0. The Hall–Kier alpha value is -3.97. The number of benzene rings is 3. The molecule has 1 aliphatic carbocycles. The van der Waals surface area contributed by atoms with Gasteiger partial charge in [-0.3, -0.25) is 0 Å². The number of fused-ring (bicyclic) bond motifs is 1. The summed E-state index contributed by atoms with van der Waals surface area (Å²) in [7, 11) is -3.71. The van der Waals surface area contributed by atoms with Crippen molar-refractivity contribution in [2.24, 2.45) is 0 Å². The zero-order valence-corrected chi connectivity index (χ0v) is 20.5. The van der Waals surface area contributed by atoms with Crippen molar-refractivity contribution >= 4 is 21.2 Å². The summed E-state index contributed by atoms with van der Waals surface area (Å²) in [5, 5.41) is 0. The van der Waals surface area contributed by atoms with E-state index in [2.05, 4.69) is 9.80 Å². The molecule has 0 spiro atoms. The van der Waals surface area contributed by atoms with Crippen molar-refractivity contribution in [2.75, 3.05) is 29.8 Å². The van der Waals surface area contributed by atoms with Crippen LogP contribution in [-0.4, -0.2) is 28.4 Å². The summed E-state index contributed by atoms with van der Waals surface area (Å²) in [6.45, 7) is 2.13. The van der Waals surface area contributed by atoms with Crippen LogP contribution in [0.4, 0.5) is 11.4 Å². The Kier molecular flexibility index (Phi) is 5.77. The molecule has 0 N–H and O–H groups in total. The molecule has 6 nitrogen and oxygen atoms in total. The first-order chi connectivity index (χ1) is 17.6. The monoisotopic (exact) mass is 498 g/mol. The van der Waals surface area contributed by atoms with Crippen LogP contribution in [0.2, 0.25) is 0 Å². The van der Waals surface area contributed by atoms with Crippen LogP contribution < -0.4 is 14.5 Å². The van der Waals surface area contributed by atoms with Gasteiger partial charge in [0.2, 0.25) is 9.84 Å². The van der Waals surface area contributed by atoms with Gasteiger partial charge in [0.15, 0.2) is 13.5 Å². The second kappa shape index (κ2) is 9.24. The van der Waals surface area contributed by atoms with Crippen LogP contribution in [0.25, 0.3) is 0 Å². The van der Waals surface area contributed by atoms with Crippen LogP contribution >= 0.6 is 0 Å². The minimum Gasteiger partial charge on any atom is -0.473 e. The Morgan fingerprint density at radius 2 is 1.39 bits per heavy atom. The zero-order valence-electron chi connectivity index (χ0n) is 19.7. The fourth-order valence-corrected chi connectivity index (χ4v) is 6.08. The molecule has 0 radical (unpaired) electrons. The molecule has 0 unspecified atom stereocenters. The van der Waals surface area contributed by atoms with E-state index in [1.807, 2.05) is 60.7 Å². The molecule has 3 aromatic carbocycles. The van der Waals surface area contributed by atoms with E-state index in [9.17, 15) is 8.42 Å². The van der Waals surface area contributed by atoms with Gasteiger partial charge in [0.05, 0.1) is 9.80 Å². The molecule has 6 rings (SSSR count). The number of sulfone groups is 1. The largest absolute Gasteiger partial charge is 0.473 e. The van der Waals surface area contributed by atoms with Crippen molar-refractivity contribution in [3.05, 3.63) is 119 Å². The van der Waals surface area contributed by atoms with Crippen LogP contribution in [-0.2, 0) is 21.1 Å². The SMILES string of the molecule is O=S(=O)(C1=CCC2=C(C=C1)OCN(c1ccccc1)C2)c1ccc2c(c1)CN(c1ccccc1)CO2. The van der Waals surface area contributed by atoms with E-state index < -0.39 is 9.84 Å². The Balaban J connectivity index is 1.23. The van der Waals surface area contributed by atoms with E-state index in [1.165, 1.54) is 0 Å². The summed E-state index contributed by atoms with van der Waals surface area (Å²) in [5.41, 5.74) is 4.02. The van der Waals surface area contributed by atoms with Gasteiger partial charge in [0.25, 0.3) is 0 Å². The van der Waals surface area contributed by atoms with E-state index in [0.717, 1.165) is 34.0 Å². The lowest BCUT2D eigenvalue weighted by molar-refractivity contribution is 0.206. The molecule has 2 aliphatic heterocycles. The first kappa shape index (κ1) is 22.5. The maximum absolute atomic E-state index is 13.6. The van der Waals surface area contributed by atoms with Gasteiger partial charge in [0, 0.05) is 30.0 Å². The molecule has 36 heavy (non-hydrogen) atoms. The lowest BCUT2D eigenvalue weighted by atomic mass is 10.1. The van der Waals surface area contributed by atoms with Crippen LogP contribution in [0.15, 0.2) is 118 Å². The van der Waals surface area contributed by atoms with Gasteiger partial charge in [-0.15, -0.1) is 0 Å². The summed E-state index contributed by atoms with van der Waals surface area (Å²) in [6.07, 6.45) is 5.74. The predicted molar refractivity (Wildman–Crippen MR) is 140 cm³/mol. The van der Waals surface area contributed by atoms with Crippen LogP contribution in [0, 0.1) is 0 Å². The highest BCUT2D eigenvalue weighted by atomic mass is 32.2. The molecule has 3 aromatic rings. The maximum atomic E-state index is 13.6. The van der Waals surface area contributed by atoms with Crippen molar-refractivity contribution in [3.8, 4) is 5.75 Å². The first-order valence-corrected chi connectivity index (χ1v) is 13.4. The molecule has 3 aliphatic rings. The van der Waals surface area contributed by atoms with E-state index in [0.29, 0.717) is 33.0 Å². The summed E-state index contributed by atoms with van der Waals surface area (Å²) < 4.78 is 39.2. The Bertz CT molecular complexity index is 1480. The van der Waals surface area contributed by atoms with Gasteiger partial charge in [-0.25, -0.2) is 8.42 Å². The number of anilines is 2. The average molecular weight is 499 g/mol. The first-order valence-electron chi connectivity index (χ1n) is 11.9. The van der Waals surface area contributed by atoms with Crippen LogP contribution in [0.3, 0.4) is 0 Å². The smallest absolute Gasteiger partial charge is 0.206 e. The molecule has 0 saturated heterocycles. The van der Waals surface area contributed by atoms with Gasteiger partial charge >= 0.3 is 0 Å². The van der Waals surface area contributed by atoms with Crippen molar-refractivity contribution < 1.29 is 17.9 Å². The normalized spacial score (nSPS) is 17.4. The van der Waals surface area contributed by atoms with Crippen molar-refractivity contribution in [1.29, 1.82) is 0 Å². The third-order valence-corrected chi connectivity index (χ3v) is 8.48. The highest BCUT2D eigenvalue weighted by Crippen LogP contribution is 2.34. The highest BCUT2D eigenvalue weighted by molar-refractivity contribution is 7.95. The molecule has 0 atom stereocenters. The number of para-hydroxylation sites is 2. The van der Waals surface area contributed by atoms with E-state index in [4.69, 9.17) is 9.47 Å². The van der Waals surface area contributed by atoms with Crippen molar-refractivity contribution in [2.45, 2.75) is 17.9 Å². The lowest BCUT2D eigenvalue weighted by Crippen LogP contribution is -2.32. The quantitative estimate of drug-likeness (QED) is 0.480. The molecule has 2 heterocycles. The summed E-state index contributed by atoms with van der Waals surface area (Å²) in [4.78, 5) is 4.77. The van der Waals surface area contributed by atoms with Gasteiger partial charge in [-0.1, -0.05) is 42.5 Å². The number of hydrogen-bond acceptors (Lipinski definition) is 6. The van der Waals surface area contributed by atoms with E-state index >= 15 is 0 Å².